The van der Waals surface area contributed by atoms with Gasteiger partial charge < -0.3 is 14.9 Å². The van der Waals surface area contributed by atoms with Gasteiger partial charge in [-0.15, -0.1) is 11.3 Å². The van der Waals surface area contributed by atoms with Crippen LogP contribution in [-0.2, 0) is 0 Å². The van der Waals surface area contributed by atoms with Crippen LogP contribution in [0.1, 0.15) is 30.2 Å². The molecule has 7 nitrogen and oxygen atoms in total. The van der Waals surface area contributed by atoms with Crippen LogP contribution in [0.5, 0.6) is 5.75 Å². The Morgan fingerprint density at radius 3 is 2.56 bits per heavy atom. The number of hydrogen-bond acceptors (Lipinski definition) is 6. The summed E-state index contributed by atoms with van der Waals surface area (Å²) in [5.74, 6) is 0.264. The molecule has 1 amide bonds. The Balaban J connectivity index is 1.46. The van der Waals surface area contributed by atoms with Gasteiger partial charge in [0.05, 0.1) is 33.4 Å². The molecule has 4 heterocycles. The van der Waals surface area contributed by atoms with Gasteiger partial charge in [0.1, 0.15) is 5.75 Å². The van der Waals surface area contributed by atoms with Gasteiger partial charge in [-0.2, -0.15) is 5.10 Å². The highest BCUT2D eigenvalue weighted by Crippen LogP contribution is 2.31. The average molecular weight is 448 g/mol. The summed E-state index contributed by atoms with van der Waals surface area (Å²) in [4.78, 5) is 23.5. The lowest BCUT2D eigenvalue weighted by Crippen LogP contribution is -2.48. The first-order valence-corrected chi connectivity index (χ1v) is 11.6. The molecule has 0 bridgehead atoms. The summed E-state index contributed by atoms with van der Waals surface area (Å²) in [6.07, 6.45) is 1.76. The van der Waals surface area contributed by atoms with E-state index in [0.29, 0.717) is 31.7 Å². The highest BCUT2D eigenvalue weighted by molar-refractivity contribution is 7.13. The van der Waals surface area contributed by atoms with Crippen molar-refractivity contribution >= 4 is 34.0 Å². The maximum atomic E-state index is 13.6. The Labute approximate surface area is 190 Å². The average Bonchev–Trinajstić information content (AvgIpc) is 3.48. The summed E-state index contributed by atoms with van der Waals surface area (Å²) < 4.78 is 1.87. The van der Waals surface area contributed by atoms with Gasteiger partial charge in [-0.25, -0.2) is 9.67 Å². The van der Waals surface area contributed by atoms with E-state index in [1.807, 2.05) is 51.4 Å². The van der Waals surface area contributed by atoms with Crippen LogP contribution in [0, 0.1) is 0 Å². The number of anilines is 1. The van der Waals surface area contributed by atoms with Crippen LogP contribution in [0.25, 0.3) is 21.6 Å². The summed E-state index contributed by atoms with van der Waals surface area (Å²) >= 11 is 1.61. The van der Waals surface area contributed by atoms with Gasteiger partial charge in [0, 0.05) is 32.2 Å². The Kier molecular flexibility index (Phi) is 5.30. The van der Waals surface area contributed by atoms with Crippen molar-refractivity contribution in [3.8, 4) is 16.3 Å². The van der Waals surface area contributed by atoms with Crippen molar-refractivity contribution in [3.63, 3.8) is 0 Å². The van der Waals surface area contributed by atoms with Crippen LogP contribution in [0.2, 0.25) is 0 Å². The van der Waals surface area contributed by atoms with Gasteiger partial charge >= 0.3 is 0 Å². The third-order valence-electron chi connectivity index (χ3n) is 5.85. The molecule has 0 aliphatic carbocycles. The number of carbonyl (C=O) groups excluding carboxylic acids is 1. The lowest BCUT2D eigenvalue weighted by molar-refractivity contribution is 0.0748. The number of amides is 1. The Bertz CT molecular complexity index is 1260. The number of phenolic OH excluding ortho intramolecular Hbond substituents is 1. The molecule has 0 saturated carbocycles. The smallest absolute Gasteiger partial charge is 0.254 e. The molecule has 1 saturated heterocycles. The fourth-order valence-electron chi connectivity index (χ4n) is 4.18. The molecule has 1 fully saturated rings. The van der Waals surface area contributed by atoms with Crippen LogP contribution in [-0.4, -0.2) is 56.9 Å². The minimum Gasteiger partial charge on any atom is -0.506 e. The van der Waals surface area contributed by atoms with E-state index in [-0.39, 0.29) is 17.7 Å². The van der Waals surface area contributed by atoms with Gasteiger partial charge in [0.25, 0.3) is 5.91 Å². The molecule has 1 aliphatic heterocycles. The highest BCUT2D eigenvalue weighted by atomic mass is 32.1. The maximum absolute atomic E-state index is 13.6. The molecule has 32 heavy (non-hydrogen) atoms. The predicted molar refractivity (Wildman–Crippen MR) is 127 cm³/mol. The van der Waals surface area contributed by atoms with E-state index in [1.165, 1.54) is 0 Å². The van der Waals surface area contributed by atoms with Crippen molar-refractivity contribution in [2.45, 2.75) is 19.9 Å². The second kappa shape index (κ2) is 8.27. The topological polar surface area (TPSA) is 74.5 Å². The van der Waals surface area contributed by atoms with E-state index < -0.39 is 0 Å². The summed E-state index contributed by atoms with van der Waals surface area (Å²) in [6, 6.07) is 13.4. The number of nitrogens with zero attached hydrogens (tertiary/aromatic N) is 5. The zero-order chi connectivity index (χ0) is 22.2. The molecule has 3 aromatic heterocycles. The van der Waals surface area contributed by atoms with Crippen LogP contribution in [0.15, 0.2) is 54.0 Å². The number of thiophene rings is 1. The summed E-state index contributed by atoms with van der Waals surface area (Å²) in [5, 5.41) is 17.5. The molecule has 4 aromatic rings. The summed E-state index contributed by atoms with van der Waals surface area (Å²) in [7, 11) is 0. The van der Waals surface area contributed by atoms with E-state index in [9.17, 15) is 9.90 Å². The van der Waals surface area contributed by atoms with Crippen LogP contribution in [0.3, 0.4) is 0 Å². The molecule has 0 unspecified atom stereocenters. The molecule has 164 valence electrons. The number of aromatic nitrogens is 3. The number of pyridine rings is 1. The number of para-hydroxylation sites is 2. The van der Waals surface area contributed by atoms with E-state index in [1.54, 1.807) is 23.6 Å². The van der Waals surface area contributed by atoms with Crippen molar-refractivity contribution in [2.24, 2.45) is 0 Å². The third kappa shape index (κ3) is 3.60. The lowest BCUT2D eigenvalue weighted by Gasteiger charge is -2.36. The van der Waals surface area contributed by atoms with Gasteiger partial charge in [0.2, 0.25) is 0 Å². The van der Waals surface area contributed by atoms with E-state index in [4.69, 9.17) is 4.98 Å². The Morgan fingerprint density at radius 2 is 1.88 bits per heavy atom. The number of benzene rings is 1. The van der Waals surface area contributed by atoms with Crippen molar-refractivity contribution in [3.05, 3.63) is 59.6 Å². The third-order valence-corrected chi connectivity index (χ3v) is 6.74. The molecular formula is C24H25N5O2S. The van der Waals surface area contributed by atoms with Crippen LogP contribution in [0.4, 0.5) is 5.69 Å². The molecule has 0 spiro atoms. The quantitative estimate of drug-likeness (QED) is 0.502. The first kappa shape index (κ1) is 20.5. The number of aromatic hydroxyl groups is 1. The van der Waals surface area contributed by atoms with Crippen molar-refractivity contribution in [2.75, 3.05) is 31.1 Å². The minimum atomic E-state index is -0.00422. The largest absolute Gasteiger partial charge is 0.506 e. The summed E-state index contributed by atoms with van der Waals surface area (Å²) in [6.45, 7) is 6.63. The van der Waals surface area contributed by atoms with Crippen LogP contribution >= 0.6 is 11.3 Å². The van der Waals surface area contributed by atoms with Crippen molar-refractivity contribution < 1.29 is 9.90 Å². The van der Waals surface area contributed by atoms with E-state index in [0.717, 1.165) is 27.3 Å². The molecule has 0 radical (unpaired) electrons. The molecule has 0 atom stereocenters. The van der Waals surface area contributed by atoms with Gasteiger partial charge in [-0.1, -0.05) is 18.2 Å². The van der Waals surface area contributed by atoms with Gasteiger partial charge in [0.15, 0.2) is 5.65 Å². The second-order valence-electron chi connectivity index (χ2n) is 8.22. The number of fused-ring (bicyclic) bond motifs is 1. The fourth-order valence-corrected chi connectivity index (χ4v) is 4.86. The Hall–Kier alpha value is -3.39. The first-order valence-electron chi connectivity index (χ1n) is 10.8. The molecule has 5 rings (SSSR count). The SMILES string of the molecule is CC(C)n1ncc2c(C(=O)N3CCN(c4ccccc4O)CC3)cc(-c3cccs3)nc21. The van der Waals surface area contributed by atoms with Gasteiger partial charge in [-0.3, -0.25) is 4.79 Å². The van der Waals surface area contributed by atoms with E-state index in [2.05, 4.69) is 23.8 Å². The Morgan fingerprint density at radius 1 is 1.09 bits per heavy atom. The molecular weight excluding hydrogens is 422 g/mol. The minimum absolute atomic E-state index is 0.00422. The fraction of sp³-hybridized carbons (Fsp3) is 0.292. The van der Waals surface area contributed by atoms with Crippen LogP contribution < -0.4 is 4.90 Å². The standard InChI is InChI=1S/C24H25N5O2S/c1-16(2)29-23-18(15-25-29)17(14-19(26-23)22-8-5-13-32-22)24(31)28-11-9-27(10-12-28)20-6-3-4-7-21(20)30/h3-8,13-16,30H,9-12H2,1-2H3. The first-order chi connectivity index (χ1) is 15.5. The van der Waals surface area contributed by atoms with Crippen molar-refractivity contribution in [1.29, 1.82) is 0 Å². The molecule has 8 heteroatoms. The number of phenols is 1. The number of rotatable bonds is 4. The molecule has 1 aliphatic rings. The predicted octanol–water partition coefficient (Wildman–Crippen LogP) is 4.41. The van der Waals surface area contributed by atoms with Gasteiger partial charge in [-0.05, 0) is 43.5 Å². The zero-order valence-corrected chi connectivity index (χ0v) is 18.9. The van der Waals surface area contributed by atoms with Crippen molar-refractivity contribution in [1.82, 2.24) is 19.7 Å². The molecule has 1 N–H and O–H groups in total. The lowest BCUT2D eigenvalue weighted by atomic mass is 10.1. The zero-order valence-electron chi connectivity index (χ0n) is 18.1. The number of hydrogen-bond donors (Lipinski definition) is 1. The molecule has 1 aromatic carbocycles. The number of piperazine rings is 1. The second-order valence-corrected chi connectivity index (χ2v) is 9.17. The summed E-state index contributed by atoms with van der Waals surface area (Å²) in [5.41, 5.74) is 2.98. The van der Waals surface area contributed by atoms with E-state index >= 15 is 0 Å². The monoisotopic (exact) mass is 447 g/mol. The maximum Gasteiger partial charge on any atom is 0.254 e. The number of carbonyl (C=O) groups is 1. The normalized spacial score (nSPS) is 14.5. The highest BCUT2D eigenvalue weighted by Gasteiger charge is 2.26.